The van der Waals surface area contributed by atoms with Crippen LogP contribution in [0.4, 0.5) is 8.78 Å². The van der Waals surface area contributed by atoms with Gasteiger partial charge in [0.1, 0.15) is 0 Å². The summed E-state index contributed by atoms with van der Waals surface area (Å²) < 4.78 is 23.8. The fourth-order valence-corrected chi connectivity index (χ4v) is 0.588. The Hall–Kier alpha value is -0.670. The molecule has 1 aliphatic heterocycles. The molecule has 1 rings (SSSR count). The summed E-state index contributed by atoms with van der Waals surface area (Å²) in [6.45, 7) is 3.51. The Bertz CT molecular complexity index is 125. The maximum atomic E-state index is 11.9. The van der Waals surface area contributed by atoms with Gasteiger partial charge in [-0.3, -0.25) is 4.79 Å². The molecular weight excluding hydrogens is 140 g/mol. The highest BCUT2D eigenvalue weighted by atomic mass is 19.3. The van der Waals surface area contributed by atoms with E-state index in [-0.39, 0.29) is 0 Å². The van der Waals surface area contributed by atoms with E-state index in [1.165, 1.54) is 0 Å². The Morgan fingerprint density at radius 3 is 2.10 bits per heavy atom. The molecule has 1 saturated heterocycles. The predicted molar refractivity (Wildman–Crippen MR) is 33.9 cm³/mol. The van der Waals surface area contributed by atoms with Gasteiger partial charge in [0.25, 0.3) is 5.92 Å². The van der Waals surface area contributed by atoms with Crippen LogP contribution in [0.2, 0.25) is 0 Å². The molecule has 60 valence electrons. The summed E-state index contributed by atoms with van der Waals surface area (Å²) in [5, 5.41) is 2.02. The second-order valence-electron chi connectivity index (χ2n) is 1.81. The minimum atomic E-state index is -2.79. The van der Waals surface area contributed by atoms with Gasteiger partial charge in [0.15, 0.2) is 0 Å². The predicted octanol–water partition coefficient (Wildman–Crippen LogP) is 1.17. The van der Waals surface area contributed by atoms with Crippen LogP contribution in [0.25, 0.3) is 0 Å². The normalized spacial score (nSPS) is 21.0. The van der Waals surface area contributed by atoms with Crippen molar-refractivity contribution in [2.24, 2.45) is 0 Å². The van der Waals surface area contributed by atoms with Crippen LogP contribution >= 0.6 is 0 Å². The third-order valence-corrected chi connectivity index (χ3v) is 0.963. The van der Waals surface area contributed by atoms with Gasteiger partial charge in [0, 0.05) is 0 Å². The van der Waals surface area contributed by atoms with Gasteiger partial charge < -0.3 is 5.32 Å². The van der Waals surface area contributed by atoms with Gasteiger partial charge in [-0.2, -0.15) is 0 Å². The van der Waals surface area contributed by atoms with Crippen LogP contribution in [0.15, 0.2) is 0 Å². The third-order valence-electron chi connectivity index (χ3n) is 0.963. The minimum absolute atomic E-state index is 0.494. The number of carbonyl (C=O) groups excluding carboxylic acids is 1. The molecule has 0 radical (unpaired) electrons. The van der Waals surface area contributed by atoms with Crippen LogP contribution < -0.4 is 5.32 Å². The average Bonchev–Trinajstić information content (AvgIpc) is 2.15. The molecule has 4 heteroatoms. The van der Waals surface area contributed by atoms with Gasteiger partial charge >= 0.3 is 0 Å². The first-order chi connectivity index (χ1) is 4.60. The first-order valence-corrected chi connectivity index (χ1v) is 3.25. The smallest absolute Gasteiger partial charge is 0.273 e. The van der Waals surface area contributed by atoms with Crippen molar-refractivity contribution in [1.29, 1.82) is 0 Å². The van der Waals surface area contributed by atoms with Crippen LogP contribution in [-0.4, -0.2) is 18.4 Å². The van der Waals surface area contributed by atoms with Crippen molar-refractivity contribution >= 4 is 5.91 Å². The zero-order valence-corrected chi connectivity index (χ0v) is 6.08. The number of hydrogen-bond acceptors (Lipinski definition) is 1. The fraction of sp³-hybridized carbons (Fsp3) is 0.833. The van der Waals surface area contributed by atoms with Crippen molar-refractivity contribution in [3.8, 4) is 0 Å². The Morgan fingerprint density at radius 1 is 1.50 bits per heavy atom. The van der Waals surface area contributed by atoms with Crippen molar-refractivity contribution in [3.05, 3.63) is 0 Å². The summed E-state index contributed by atoms with van der Waals surface area (Å²) in [5.74, 6) is -3.35. The quantitative estimate of drug-likeness (QED) is 0.553. The monoisotopic (exact) mass is 151 g/mol. The van der Waals surface area contributed by atoms with E-state index in [9.17, 15) is 13.6 Å². The molecule has 0 unspecified atom stereocenters. The van der Waals surface area contributed by atoms with Crippen LogP contribution in [0.1, 0.15) is 20.3 Å². The SMILES string of the molecule is CC.O=C1CC(F)(F)CN1. The highest BCUT2D eigenvalue weighted by molar-refractivity contribution is 5.79. The van der Waals surface area contributed by atoms with Gasteiger partial charge in [-0.1, -0.05) is 13.8 Å². The van der Waals surface area contributed by atoms with E-state index in [0.717, 1.165) is 0 Å². The number of amides is 1. The molecular formula is C6H11F2NO. The molecule has 0 aromatic heterocycles. The second kappa shape index (κ2) is 3.49. The third kappa shape index (κ3) is 2.75. The molecule has 0 aromatic rings. The number of carbonyl (C=O) groups is 1. The van der Waals surface area contributed by atoms with Gasteiger partial charge in [-0.15, -0.1) is 0 Å². The molecule has 0 aliphatic carbocycles. The van der Waals surface area contributed by atoms with Gasteiger partial charge in [0.05, 0.1) is 13.0 Å². The van der Waals surface area contributed by atoms with Gasteiger partial charge in [-0.05, 0) is 0 Å². The fourth-order valence-electron chi connectivity index (χ4n) is 0.588. The Labute approximate surface area is 58.6 Å². The lowest BCUT2D eigenvalue weighted by Gasteiger charge is -2.00. The van der Waals surface area contributed by atoms with Crippen LogP contribution in [-0.2, 0) is 4.79 Å². The lowest BCUT2D eigenvalue weighted by molar-refractivity contribution is -0.120. The molecule has 1 fully saturated rings. The first kappa shape index (κ1) is 9.33. The summed E-state index contributed by atoms with van der Waals surface area (Å²) >= 11 is 0. The van der Waals surface area contributed by atoms with Crippen molar-refractivity contribution < 1.29 is 13.6 Å². The molecule has 2 nitrogen and oxygen atoms in total. The highest BCUT2D eigenvalue weighted by Crippen LogP contribution is 2.20. The Morgan fingerprint density at radius 2 is 2.00 bits per heavy atom. The lowest BCUT2D eigenvalue weighted by atomic mass is 10.3. The molecule has 0 aromatic carbocycles. The maximum Gasteiger partial charge on any atom is 0.273 e. The highest BCUT2D eigenvalue weighted by Gasteiger charge is 2.38. The van der Waals surface area contributed by atoms with E-state index in [0.29, 0.717) is 0 Å². The summed E-state index contributed by atoms with van der Waals surface area (Å²) in [6.07, 6.45) is -0.646. The van der Waals surface area contributed by atoms with Crippen molar-refractivity contribution in [2.45, 2.75) is 26.2 Å². The topological polar surface area (TPSA) is 29.1 Å². The maximum absolute atomic E-state index is 11.9. The van der Waals surface area contributed by atoms with Gasteiger partial charge in [-0.25, -0.2) is 8.78 Å². The number of nitrogens with one attached hydrogen (secondary N) is 1. The molecule has 0 bridgehead atoms. The summed E-state index contributed by atoms with van der Waals surface area (Å²) in [6, 6.07) is 0. The standard InChI is InChI=1S/C4H5F2NO.C2H6/c5-4(6)1-3(8)7-2-4;1-2/h1-2H2,(H,7,8);1-2H3. The van der Waals surface area contributed by atoms with E-state index < -0.39 is 24.8 Å². The summed E-state index contributed by atoms with van der Waals surface area (Å²) in [4.78, 5) is 10.1. The van der Waals surface area contributed by atoms with Crippen LogP contribution in [0, 0.1) is 0 Å². The zero-order chi connectivity index (χ0) is 8.20. The minimum Gasteiger partial charge on any atom is -0.350 e. The van der Waals surface area contributed by atoms with Crippen LogP contribution in [0.5, 0.6) is 0 Å². The molecule has 1 N–H and O–H groups in total. The molecule has 0 spiro atoms. The molecule has 1 aliphatic rings. The zero-order valence-electron chi connectivity index (χ0n) is 6.08. The van der Waals surface area contributed by atoms with E-state index in [2.05, 4.69) is 0 Å². The van der Waals surface area contributed by atoms with Gasteiger partial charge in [0.2, 0.25) is 5.91 Å². The second-order valence-corrected chi connectivity index (χ2v) is 1.81. The van der Waals surface area contributed by atoms with Crippen LogP contribution in [0.3, 0.4) is 0 Å². The molecule has 1 amide bonds. The molecule has 0 atom stereocenters. The molecule has 1 heterocycles. The number of alkyl halides is 2. The lowest BCUT2D eigenvalue weighted by Crippen LogP contribution is -2.19. The summed E-state index contributed by atoms with van der Waals surface area (Å²) in [5.41, 5.74) is 0. The average molecular weight is 151 g/mol. The number of rotatable bonds is 0. The Kier molecular flexibility index (Phi) is 3.25. The van der Waals surface area contributed by atoms with E-state index in [4.69, 9.17) is 0 Å². The van der Waals surface area contributed by atoms with Crippen molar-refractivity contribution in [3.63, 3.8) is 0 Å². The van der Waals surface area contributed by atoms with Crippen molar-refractivity contribution in [1.82, 2.24) is 5.32 Å². The summed E-state index contributed by atoms with van der Waals surface area (Å²) in [7, 11) is 0. The number of hydrogen-bond donors (Lipinski definition) is 1. The number of halogens is 2. The first-order valence-electron chi connectivity index (χ1n) is 3.25. The Balaban J connectivity index is 0.000000371. The largest absolute Gasteiger partial charge is 0.350 e. The van der Waals surface area contributed by atoms with Crippen molar-refractivity contribution in [2.75, 3.05) is 6.54 Å². The van der Waals surface area contributed by atoms with E-state index in [1.807, 2.05) is 19.2 Å². The molecule has 10 heavy (non-hydrogen) atoms. The molecule has 0 saturated carbocycles. The van der Waals surface area contributed by atoms with E-state index in [1.54, 1.807) is 0 Å². The van der Waals surface area contributed by atoms with E-state index >= 15 is 0 Å².